The molecule has 0 aliphatic rings. The Morgan fingerprint density at radius 3 is 2.26 bits per heavy atom. The highest BCUT2D eigenvalue weighted by atomic mass is 16.5. The zero-order valence-electron chi connectivity index (χ0n) is 19.2. The number of carbonyl (C=O) groups excluding carboxylic acids is 2. The summed E-state index contributed by atoms with van der Waals surface area (Å²) in [7, 11) is 2.98. The summed E-state index contributed by atoms with van der Waals surface area (Å²) in [5.41, 5.74) is 7.97. The quantitative estimate of drug-likeness (QED) is 0.346. The van der Waals surface area contributed by atoms with Gasteiger partial charge in [0.05, 0.1) is 14.2 Å². The van der Waals surface area contributed by atoms with Crippen molar-refractivity contribution in [3.05, 3.63) is 77.4 Å². The number of rotatable bonds is 10. The lowest BCUT2D eigenvalue weighted by atomic mass is 10.1. The Morgan fingerprint density at radius 1 is 0.857 bits per heavy atom. The number of amides is 2. The van der Waals surface area contributed by atoms with E-state index in [2.05, 4.69) is 10.6 Å². The van der Waals surface area contributed by atoms with Crippen molar-refractivity contribution in [2.24, 2.45) is 5.73 Å². The Labute approximate surface area is 201 Å². The molecule has 0 aliphatic carbocycles. The number of anilines is 2. The molecule has 2 amide bonds. The molecule has 0 unspecified atom stereocenters. The van der Waals surface area contributed by atoms with E-state index in [1.807, 2.05) is 0 Å². The minimum absolute atomic E-state index is 0.165. The molecule has 10 heteroatoms. The van der Waals surface area contributed by atoms with Crippen molar-refractivity contribution in [1.82, 2.24) is 0 Å². The van der Waals surface area contributed by atoms with E-state index < -0.39 is 24.4 Å². The van der Waals surface area contributed by atoms with E-state index >= 15 is 0 Å². The maximum absolute atomic E-state index is 12.9. The maximum atomic E-state index is 12.9. The Balaban J connectivity index is 1.77. The first-order valence-corrected chi connectivity index (χ1v) is 10.5. The summed E-state index contributed by atoms with van der Waals surface area (Å²) in [6.45, 7) is -0.354. The van der Waals surface area contributed by atoms with Crippen molar-refractivity contribution < 1.29 is 33.7 Å². The number of benzene rings is 3. The molecule has 5 N–H and O–H groups in total. The van der Waals surface area contributed by atoms with Crippen molar-refractivity contribution in [3.8, 4) is 17.2 Å². The van der Waals surface area contributed by atoms with E-state index in [9.17, 15) is 14.4 Å². The number of nitrogens with two attached hydrogens (primary N) is 1. The van der Waals surface area contributed by atoms with Crippen LogP contribution in [0.25, 0.3) is 0 Å². The lowest BCUT2D eigenvalue weighted by molar-refractivity contribution is -0.139. The van der Waals surface area contributed by atoms with Crippen molar-refractivity contribution in [3.63, 3.8) is 0 Å². The Kier molecular flexibility index (Phi) is 8.25. The fraction of sp³-hybridized carbons (Fsp3) is 0.160. The summed E-state index contributed by atoms with van der Waals surface area (Å²) in [5, 5.41) is 14.3. The van der Waals surface area contributed by atoms with Gasteiger partial charge in [0.2, 0.25) is 0 Å². The minimum Gasteiger partial charge on any atom is -0.493 e. The zero-order valence-corrected chi connectivity index (χ0v) is 19.2. The third kappa shape index (κ3) is 6.49. The molecule has 35 heavy (non-hydrogen) atoms. The van der Waals surface area contributed by atoms with Crippen LogP contribution in [0.3, 0.4) is 0 Å². The fourth-order valence-corrected chi connectivity index (χ4v) is 3.20. The first kappa shape index (κ1) is 25.1. The molecule has 0 heterocycles. The molecule has 0 aromatic heterocycles. The third-order valence-electron chi connectivity index (χ3n) is 4.94. The SMILES string of the molecule is COc1ccc(C(=O)Nc2cc(NC(=O)c3cccc(OCC(=O)O)c3)ccc2CN)cc1OC. The first-order chi connectivity index (χ1) is 16.8. The van der Waals surface area contributed by atoms with Gasteiger partial charge in [-0.15, -0.1) is 0 Å². The van der Waals surface area contributed by atoms with Crippen LogP contribution in [0.2, 0.25) is 0 Å². The Bertz CT molecular complexity index is 1240. The minimum atomic E-state index is -1.12. The molecule has 10 nitrogen and oxygen atoms in total. The molecule has 0 spiro atoms. The smallest absolute Gasteiger partial charge is 0.341 e. The number of ether oxygens (including phenoxy) is 3. The van der Waals surface area contributed by atoms with Gasteiger partial charge >= 0.3 is 5.97 Å². The van der Waals surface area contributed by atoms with E-state index in [0.717, 1.165) is 0 Å². The number of hydrogen-bond donors (Lipinski definition) is 4. The van der Waals surface area contributed by atoms with E-state index in [1.165, 1.54) is 20.3 Å². The maximum Gasteiger partial charge on any atom is 0.341 e. The summed E-state index contributed by atoms with van der Waals surface area (Å²) in [4.78, 5) is 36.3. The number of methoxy groups -OCH3 is 2. The highest BCUT2D eigenvalue weighted by molar-refractivity contribution is 6.07. The zero-order chi connectivity index (χ0) is 25.4. The van der Waals surface area contributed by atoms with Crippen LogP contribution >= 0.6 is 0 Å². The second-order valence-corrected chi connectivity index (χ2v) is 7.26. The van der Waals surface area contributed by atoms with Crippen LogP contribution in [-0.2, 0) is 11.3 Å². The van der Waals surface area contributed by atoms with Gasteiger partial charge in [0.1, 0.15) is 5.75 Å². The molecule has 0 radical (unpaired) electrons. The topological polar surface area (TPSA) is 149 Å². The predicted molar refractivity (Wildman–Crippen MR) is 129 cm³/mol. The number of carboxylic acid groups (broad SMARTS) is 1. The van der Waals surface area contributed by atoms with Crippen molar-refractivity contribution in [2.45, 2.75) is 6.54 Å². The number of carbonyl (C=O) groups is 3. The molecule has 0 bridgehead atoms. The standard InChI is InChI=1S/C25H25N3O7/c1-33-21-9-7-16(11-22(21)34-2)25(32)28-20-12-18(8-6-17(20)13-26)27-24(31)15-4-3-5-19(10-15)35-14-23(29)30/h3-12H,13-14,26H2,1-2H3,(H,27,31)(H,28,32)(H,29,30). The van der Waals surface area contributed by atoms with E-state index in [1.54, 1.807) is 54.6 Å². The lowest BCUT2D eigenvalue weighted by Gasteiger charge is -2.14. The van der Waals surface area contributed by atoms with Crippen LogP contribution in [0, 0.1) is 0 Å². The number of carboxylic acids is 1. The van der Waals surface area contributed by atoms with Gasteiger partial charge in [-0.25, -0.2) is 4.79 Å². The molecular formula is C25H25N3O7. The van der Waals surface area contributed by atoms with Crippen LogP contribution in [-0.4, -0.2) is 43.7 Å². The number of nitrogens with one attached hydrogen (secondary N) is 2. The van der Waals surface area contributed by atoms with Crippen LogP contribution < -0.4 is 30.6 Å². The van der Waals surface area contributed by atoms with Crippen LogP contribution in [0.4, 0.5) is 11.4 Å². The highest BCUT2D eigenvalue weighted by Crippen LogP contribution is 2.28. The monoisotopic (exact) mass is 479 g/mol. The lowest BCUT2D eigenvalue weighted by Crippen LogP contribution is -2.16. The summed E-state index contributed by atoms with van der Waals surface area (Å²) in [6, 6.07) is 15.9. The predicted octanol–water partition coefficient (Wildman–Crippen LogP) is 3.13. The number of hydrogen-bond acceptors (Lipinski definition) is 7. The average Bonchev–Trinajstić information content (AvgIpc) is 2.87. The third-order valence-corrected chi connectivity index (χ3v) is 4.94. The fourth-order valence-electron chi connectivity index (χ4n) is 3.20. The highest BCUT2D eigenvalue weighted by Gasteiger charge is 2.14. The van der Waals surface area contributed by atoms with Gasteiger partial charge in [-0.3, -0.25) is 9.59 Å². The summed E-state index contributed by atoms with van der Waals surface area (Å²) >= 11 is 0. The van der Waals surface area contributed by atoms with E-state index in [4.69, 9.17) is 25.1 Å². The van der Waals surface area contributed by atoms with Crippen molar-refractivity contribution in [1.29, 1.82) is 0 Å². The molecule has 3 aromatic carbocycles. The van der Waals surface area contributed by atoms with Gasteiger partial charge in [-0.05, 0) is 54.1 Å². The van der Waals surface area contributed by atoms with Crippen molar-refractivity contribution in [2.75, 3.05) is 31.5 Å². The van der Waals surface area contributed by atoms with Gasteiger partial charge in [-0.1, -0.05) is 12.1 Å². The van der Waals surface area contributed by atoms with Gasteiger partial charge in [0.25, 0.3) is 11.8 Å². The molecule has 0 aliphatic heterocycles. The average molecular weight is 479 g/mol. The van der Waals surface area contributed by atoms with Crippen molar-refractivity contribution >= 4 is 29.2 Å². The molecule has 182 valence electrons. The van der Waals surface area contributed by atoms with Gasteiger partial charge in [0, 0.05) is 29.0 Å². The van der Waals surface area contributed by atoms with Crippen LogP contribution in [0.15, 0.2) is 60.7 Å². The molecule has 3 aromatic rings. The Morgan fingerprint density at radius 2 is 1.57 bits per heavy atom. The van der Waals surface area contributed by atoms with Crippen LogP contribution in [0.5, 0.6) is 17.2 Å². The largest absolute Gasteiger partial charge is 0.493 e. The first-order valence-electron chi connectivity index (χ1n) is 10.5. The molecule has 3 rings (SSSR count). The van der Waals surface area contributed by atoms with E-state index in [-0.39, 0.29) is 17.9 Å². The summed E-state index contributed by atoms with van der Waals surface area (Å²) < 4.78 is 15.6. The van der Waals surface area contributed by atoms with Crippen LogP contribution in [0.1, 0.15) is 26.3 Å². The Hall–Kier alpha value is -4.57. The normalized spacial score (nSPS) is 10.3. The molecule has 0 fully saturated rings. The second-order valence-electron chi connectivity index (χ2n) is 7.26. The second kappa shape index (κ2) is 11.5. The molecule has 0 saturated carbocycles. The molecule has 0 atom stereocenters. The number of aliphatic carboxylic acids is 1. The molecular weight excluding hydrogens is 454 g/mol. The molecule has 0 saturated heterocycles. The van der Waals surface area contributed by atoms with Gasteiger partial charge < -0.3 is 35.7 Å². The van der Waals surface area contributed by atoms with E-state index in [0.29, 0.717) is 34.0 Å². The summed E-state index contributed by atoms with van der Waals surface area (Å²) in [5.74, 6) is -0.802. The van der Waals surface area contributed by atoms with Gasteiger partial charge in [-0.2, -0.15) is 0 Å². The summed E-state index contributed by atoms with van der Waals surface area (Å²) in [6.07, 6.45) is 0. The van der Waals surface area contributed by atoms with Gasteiger partial charge in [0.15, 0.2) is 18.1 Å².